The van der Waals surface area contributed by atoms with Crippen LogP contribution in [0, 0.1) is 12.7 Å². The largest absolute Gasteiger partial charge is 0.329 e. The molecule has 0 radical (unpaired) electrons. The fourth-order valence-corrected chi connectivity index (χ4v) is 5.01. The number of aromatic nitrogens is 4. The molecule has 2 aromatic heterocycles. The molecule has 11 heteroatoms. The minimum absolute atomic E-state index is 0.241. The number of rotatable bonds is 4. The fourth-order valence-electron chi connectivity index (χ4n) is 3.74. The zero-order valence-electron chi connectivity index (χ0n) is 17.6. The van der Waals surface area contributed by atoms with Crippen LogP contribution in [0.3, 0.4) is 0 Å². The molecule has 2 N–H and O–H groups in total. The van der Waals surface area contributed by atoms with E-state index in [0.717, 1.165) is 5.69 Å². The third kappa shape index (κ3) is 3.35. The molecule has 0 aliphatic carbocycles. The Morgan fingerprint density at radius 1 is 1.22 bits per heavy atom. The zero-order valence-corrected chi connectivity index (χ0v) is 18.4. The number of halogens is 1. The van der Waals surface area contributed by atoms with Crippen LogP contribution in [0.1, 0.15) is 11.3 Å². The summed E-state index contributed by atoms with van der Waals surface area (Å²) in [4.78, 5) is 10.7. The van der Waals surface area contributed by atoms with Crippen LogP contribution in [0.4, 0.5) is 27.5 Å². The third-order valence-electron chi connectivity index (χ3n) is 5.60. The van der Waals surface area contributed by atoms with Crippen LogP contribution < -0.4 is 14.9 Å². The Hall–Kier alpha value is -3.57. The molecule has 164 valence electrons. The van der Waals surface area contributed by atoms with Crippen LogP contribution in [0.15, 0.2) is 47.5 Å². The lowest BCUT2D eigenvalue weighted by Crippen LogP contribution is -2.14. The summed E-state index contributed by atoms with van der Waals surface area (Å²) in [6.45, 7) is 2.11. The number of sulfonamides is 1. The Kier molecular flexibility index (Phi) is 4.60. The molecule has 0 saturated carbocycles. The van der Waals surface area contributed by atoms with Crippen LogP contribution in [0.2, 0.25) is 0 Å². The molecule has 0 spiro atoms. The highest BCUT2D eigenvalue weighted by Crippen LogP contribution is 2.30. The zero-order chi connectivity index (χ0) is 22.6. The van der Waals surface area contributed by atoms with E-state index in [-0.39, 0.29) is 23.2 Å². The molecular formula is C21H20FN7O2S. The van der Waals surface area contributed by atoms with Gasteiger partial charge in [0.25, 0.3) is 0 Å². The van der Waals surface area contributed by atoms with E-state index in [9.17, 15) is 12.8 Å². The molecule has 0 fully saturated rings. The normalized spacial score (nSPS) is 14.5. The lowest BCUT2D eigenvalue weighted by Gasteiger charge is -2.19. The van der Waals surface area contributed by atoms with Crippen molar-refractivity contribution in [2.24, 2.45) is 7.05 Å². The van der Waals surface area contributed by atoms with Crippen LogP contribution in [-0.2, 0) is 23.6 Å². The second kappa shape index (κ2) is 7.24. The highest BCUT2D eigenvalue weighted by Gasteiger charge is 2.25. The number of hydrogen-bond donors (Lipinski definition) is 2. The molecule has 9 nitrogen and oxygen atoms in total. The van der Waals surface area contributed by atoms with Gasteiger partial charge in [-0.3, -0.25) is 4.68 Å². The Labute approximate surface area is 184 Å². The number of benzene rings is 2. The lowest BCUT2D eigenvalue weighted by atomic mass is 10.1. The minimum atomic E-state index is -3.48. The van der Waals surface area contributed by atoms with Crippen LogP contribution in [0.5, 0.6) is 0 Å². The topological polar surface area (TPSA) is 105 Å². The predicted molar refractivity (Wildman–Crippen MR) is 119 cm³/mol. The van der Waals surface area contributed by atoms with Gasteiger partial charge in [-0.05, 0) is 42.8 Å². The molecular weight excluding hydrogens is 433 g/mol. The maximum atomic E-state index is 14.8. The van der Waals surface area contributed by atoms with E-state index >= 15 is 0 Å². The van der Waals surface area contributed by atoms with Gasteiger partial charge in [-0.15, -0.1) is 0 Å². The Morgan fingerprint density at radius 3 is 2.84 bits per heavy atom. The summed E-state index contributed by atoms with van der Waals surface area (Å²) in [5.41, 5.74) is 3.17. The molecule has 0 bridgehead atoms. The highest BCUT2D eigenvalue weighted by molar-refractivity contribution is 7.89. The first-order chi connectivity index (χ1) is 15.2. The standard InChI is InChI=1S/C21H20FN7O2S/c1-12-20-16(22)9-15(10-17(20)27-29(12)3)28(2)19-6-7-23-21(26-19)25-14-5-4-13-11-24-32(30,31)18(13)8-14/h4-10,24H,11H2,1-3H3,(H,23,25,26). The molecule has 0 saturated heterocycles. The van der Waals surface area contributed by atoms with Gasteiger partial charge in [0.15, 0.2) is 0 Å². The van der Waals surface area contributed by atoms with Gasteiger partial charge in [-0.25, -0.2) is 22.5 Å². The maximum absolute atomic E-state index is 14.8. The van der Waals surface area contributed by atoms with E-state index in [1.807, 2.05) is 6.92 Å². The van der Waals surface area contributed by atoms with Crippen molar-refractivity contribution in [2.45, 2.75) is 18.4 Å². The maximum Gasteiger partial charge on any atom is 0.241 e. The van der Waals surface area contributed by atoms with Gasteiger partial charge in [0.1, 0.15) is 11.6 Å². The Balaban J connectivity index is 1.45. The van der Waals surface area contributed by atoms with Gasteiger partial charge in [0.2, 0.25) is 16.0 Å². The molecule has 1 aliphatic rings. The van der Waals surface area contributed by atoms with Gasteiger partial charge in [0, 0.05) is 43.9 Å². The van der Waals surface area contributed by atoms with Crippen LogP contribution in [0.25, 0.3) is 10.9 Å². The van der Waals surface area contributed by atoms with Gasteiger partial charge in [-0.1, -0.05) is 6.07 Å². The predicted octanol–water partition coefficient (Wildman–Crippen LogP) is 3.11. The average Bonchev–Trinajstić information content (AvgIpc) is 3.23. The number of hydrogen-bond acceptors (Lipinski definition) is 7. The average molecular weight is 454 g/mol. The van der Waals surface area contributed by atoms with Crippen molar-refractivity contribution in [3.05, 3.63) is 59.7 Å². The van der Waals surface area contributed by atoms with Crippen molar-refractivity contribution in [3.63, 3.8) is 0 Å². The van der Waals surface area contributed by atoms with Gasteiger partial charge in [0.05, 0.1) is 15.8 Å². The van der Waals surface area contributed by atoms with Gasteiger partial charge < -0.3 is 10.2 Å². The summed E-state index contributed by atoms with van der Waals surface area (Å²) in [6, 6.07) is 10.0. The SMILES string of the molecule is Cc1c2c(F)cc(N(C)c3ccnc(Nc4ccc5c(c4)S(=O)(=O)NC5)n3)cc2nn1C. The second-order valence-electron chi connectivity index (χ2n) is 7.60. The Bertz CT molecular complexity index is 1480. The quantitative estimate of drug-likeness (QED) is 0.489. The van der Waals surface area contributed by atoms with Crippen molar-refractivity contribution < 1.29 is 12.8 Å². The van der Waals surface area contributed by atoms with E-state index in [1.54, 1.807) is 60.2 Å². The minimum Gasteiger partial charge on any atom is -0.329 e. The van der Waals surface area contributed by atoms with E-state index in [0.29, 0.717) is 33.7 Å². The van der Waals surface area contributed by atoms with Crippen molar-refractivity contribution in [1.29, 1.82) is 0 Å². The summed E-state index contributed by atoms with van der Waals surface area (Å²) in [7, 11) is 0.0688. The van der Waals surface area contributed by atoms with Crippen LogP contribution in [-0.4, -0.2) is 35.2 Å². The first-order valence-corrected chi connectivity index (χ1v) is 11.3. The van der Waals surface area contributed by atoms with Crippen molar-refractivity contribution in [1.82, 2.24) is 24.5 Å². The number of nitrogens with zero attached hydrogens (tertiary/aromatic N) is 5. The summed E-state index contributed by atoms with van der Waals surface area (Å²) in [6.07, 6.45) is 1.58. The molecule has 5 rings (SSSR count). The van der Waals surface area contributed by atoms with E-state index in [4.69, 9.17) is 0 Å². The molecule has 32 heavy (non-hydrogen) atoms. The first-order valence-electron chi connectivity index (χ1n) is 9.82. The molecule has 4 aromatic rings. The highest BCUT2D eigenvalue weighted by atomic mass is 32.2. The first kappa shape index (κ1) is 20.3. The molecule has 1 aliphatic heterocycles. The lowest BCUT2D eigenvalue weighted by molar-refractivity contribution is 0.589. The molecule has 0 atom stereocenters. The van der Waals surface area contributed by atoms with Crippen molar-refractivity contribution in [2.75, 3.05) is 17.3 Å². The smallest absolute Gasteiger partial charge is 0.241 e. The van der Waals surface area contributed by atoms with E-state index in [2.05, 4.69) is 25.1 Å². The fraction of sp³-hybridized carbons (Fsp3) is 0.190. The Morgan fingerprint density at radius 2 is 2.03 bits per heavy atom. The van der Waals surface area contributed by atoms with Gasteiger partial charge in [-0.2, -0.15) is 10.1 Å². The monoisotopic (exact) mass is 453 g/mol. The second-order valence-corrected chi connectivity index (χ2v) is 9.34. The molecule has 2 aromatic carbocycles. The van der Waals surface area contributed by atoms with Crippen molar-refractivity contribution in [3.8, 4) is 0 Å². The van der Waals surface area contributed by atoms with Crippen molar-refractivity contribution >= 4 is 44.1 Å². The number of nitrogens with one attached hydrogen (secondary N) is 2. The summed E-state index contributed by atoms with van der Waals surface area (Å²) in [5, 5.41) is 7.91. The van der Waals surface area contributed by atoms with E-state index in [1.165, 1.54) is 6.07 Å². The number of aryl methyl sites for hydroxylation is 2. The molecule has 0 unspecified atom stereocenters. The van der Waals surface area contributed by atoms with E-state index < -0.39 is 10.0 Å². The number of anilines is 4. The van der Waals surface area contributed by atoms with Gasteiger partial charge >= 0.3 is 0 Å². The molecule has 3 heterocycles. The number of fused-ring (bicyclic) bond motifs is 2. The summed E-state index contributed by atoms with van der Waals surface area (Å²) in [5.74, 6) is 0.465. The molecule has 0 amide bonds. The summed E-state index contributed by atoms with van der Waals surface area (Å²) >= 11 is 0. The third-order valence-corrected chi connectivity index (χ3v) is 7.08. The summed E-state index contributed by atoms with van der Waals surface area (Å²) < 4.78 is 43.1. The van der Waals surface area contributed by atoms with Crippen LogP contribution >= 0.6 is 0 Å².